The Morgan fingerprint density at radius 3 is 1.81 bits per heavy atom. The summed E-state index contributed by atoms with van der Waals surface area (Å²) in [5.41, 5.74) is 0. The van der Waals surface area contributed by atoms with Gasteiger partial charge in [-0.05, 0) is 19.3 Å². The average Bonchev–Trinajstić information content (AvgIpc) is 2.46. The van der Waals surface area contributed by atoms with E-state index in [1.807, 2.05) is 0 Å². The van der Waals surface area contributed by atoms with E-state index in [1.54, 1.807) is 0 Å². The van der Waals surface area contributed by atoms with Gasteiger partial charge in [0.2, 0.25) is 0 Å². The van der Waals surface area contributed by atoms with Crippen LogP contribution in [-0.2, 0) is 4.79 Å². The summed E-state index contributed by atoms with van der Waals surface area (Å²) in [5.74, 6) is -0.698. The summed E-state index contributed by atoms with van der Waals surface area (Å²) in [7, 11) is 0. The Bertz CT molecular complexity index is 207. The van der Waals surface area contributed by atoms with Gasteiger partial charge in [-0.1, -0.05) is 51.9 Å². The van der Waals surface area contributed by atoms with Gasteiger partial charge >= 0.3 is 5.97 Å². The number of aliphatic hydroxyl groups excluding tert-OH is 3. The smallest absolute Gasteiger partial charge is 0.303 e. The SMILES string of the molecule is CCCCCC(O)CCCCCCCC(=O)O.OCCO. The fourth-order valence-corrected chi connectivity index (χ4v) is 1.96. The van der Waals surface area contributed by atoms with E-state index in [0.29, 0.717) is 6.42 Å². The summed E-state index contributed by atoms with van der Waals surface area (Å²) in [6, 6.07) is 0. The Morgan fingerprint density at radius 2 is 1.33 bits per heavy atom. The molecule has 0 heterocycles. The molecule has 0 saturated carbocycles. The van der Waals surface area contributed by atoms with Gasteiger partial charge in [-0.25, -0.2) is 0 Å². The van der Waals surface area contributed by atoms with E-state index in [0.717, 1.165) is 51.4 Å². The Hall–Kier alpha value is -0.650. The zero-order valence-electron chi connectivity index (χ0n) is 13.5. The molecule has 0 radical (unpaired) electrons. The van der Waals surface area contributed by atoms with Gasteiger partial charge in [-0.15, -0.1) is 0 Å². The van der Waals surface area contributed by atoms with Crippen molar-refractivity contribution < 1.29 is 25.2 Å². The molecular formula is C16H34O5. The van der Waals surface area contributed by atoms with E-state index in [9.17, 15) is 9.90 Å². The number of carbonyl (C=O) groups is 1. The first kappa shape index (κ1) is 22.6. The monoisotopic (exact) mass is 306 g/mol. The minimum Gasteiger partial charge on any atom is -0.481 e. The standard InChI is InChI=1S/C14H28O3.C2H6O2/c1-2-3-7-10-13(15)11-8-5-4-6-9-12-14(16)17;3-1-2-4/h13,15H,2-12H2,1H3,(H,16,17);3-4H,1-2H2. The van der Waals surface area contributed by atoms with Crippen molar-refractivity contribution in [2.75, 3.05) is 13.2 Å². The van der Waals surface area contributed by atoms with Gasteiger partial charge in [0.05, 0.1) is 19.3 Å². The normalized spacial score (nSPS) is 11.6. The molecule has 0 aromatic carbocycles. The molecule has 0 bridgehead atoms. The number of aliphatic carboxylic acids is 1. The molecule has 5 nitrogen and oxygen atoms in total. The second-order valence-electron chi connectivity index (χ2n) is 5.30. The Morgan fingerprint density at radius 1 is 0.857 bits per heavy atom. The lowest BCUT2D eigenvalue weighted by molar-refractivity contribution is -0.137. The summed E-state index contributed by atoms with van der Waals surface area (Å²) < 4.78 is 0. The molecule has 0 spiro atoms. The maximum atomic E-state index is 10.3. The van der Waals surface area contributed by atoms with Crippen molar-refractivity contribution >= 4 is 5.97 Å². The number of unbranched alkanes of at least 4 members (excludes halogenated alkanes) is 6. The van der Waals surface area contributed by atoms with E-state index < -0.39 is 5.97 Å². The summed E-state index contributed by atoms with van der Waals surface area (Å²) >= 11 is 0. The molecule has 0 saturated heterocycles. The maximum absolute atomic E-state index is 10.3. The lowest BCUT2D eigenvalue weighted by atomic mass is 10.0. The Balaban J connectivity index is 0. The van der Waals surface area contributed by atoms with Crippen molar-refractivity contribution in [3.05, 3.63) is 0 Å². The topological polar surface area (TPSA) is 98.0 Å². The molecule has 0 aliphatic rings. The van der Waals surface area contributed by atoms with Gasteiger partial charge in [-0.2, -0.15) is 0 Å². The second kappa shape index (κ2) is 19.4. The lowest BCUT2D eigenvalue weighted by Gasteiger charge is -2.09. The van der Waals surface area contributed by atoms with Crippen LogP contribution >= 0.6 is 0 Å². The minimum atomic E-state index is -0.698. The number of hydrogen-bond acceptors (Lipinski definition) is 4. The summed E-state index contributed by atoms with van der Waals surface area (Å²) in [6.45, 7) is 1.92. The number of carboxylic acids is 1. The molecule has 1 atom stereocenters. The first-order valence-corrected chi connectivity index (χ1v) is 8.20. The molecule has 21 heavy (non-hydrogen) atoms. The molecule has 0 aromatic heterocycles. The van der Waals surface area contributed by atoms with Crippen LogP contribution in [0.1, 0.15) is 77.6 Å². The van der Waals surface area contributed by atoms with Crippen LogP contribution < -0.4 is 0 Å². The average molecular weight is 306 g/mol. The van der Waals surface area contributed by atoms with Crippen molar-refractivity contribution in [1.29, 1.82) is 0 Å². The van der Waals surface area contributed by atoms with E-state index in [2.05, 4.69) is 6.92 Å². The minimum absolute atomic E-state index is 0.124. The highest BCUT2D eigenvalue weighted by Crippen LogP contribution is 2.12. The van der Waals surface area contributed by atoms with E-state index in [-0.39, 0.29) is 19.3 Å². The van der Waals surface area contributed by atoms with E-state index >= 15 is 0 Å². The van der Waals surface area contributed by atoms with Gasteiger partial charge in [-0.3, -0.25) is 4.79 Å². The molecule has 0 aliphatic carbocycles. The van der Waals surface area contributed by atoms with Gasteiger partial charge in [0, 0.05) is 6.42 Å². The van der Waals surface area contributed by atoms with Crippen molar-refractivity contribution in [3.8, 4) is 0 Å². The van der Waals surface area contributed by atoms with Crippen LogP contribution in [0.4, 0.5) is 0 Å². The van der Waals surface area contributed by atoms with Gasteiger partial charge in [0.1, 0.15) is 0 Å². The first-order chi connectivity index (χ1) is 10.1. The number of hydrogen-bond donors (Lipinski definition) is 4. The van der Waals surface area contributed by atoms with Gasteiger partial charge in [0.15, 0.2) is 0 Å². The van der Waals surface area contributed by atoms with Gasteiger partial charge < -0.3 is 20.4 Å². The summed E-state index contributed by atoms with van der Waals surface area (Å²) in [4.78, 5) is 10.3. The summed E-state index contributed by atoms with van der Waals surface area (Å²) in [5, 5.41) is 33.4. The number of carboxylic acid groups (broad SMARTS) is 1. The highest BCUT2D eigenvalue weighted by atomic mass is 16.4. The number of aliphatic hydroxyl groups is 3. The highest BCUT2D eigenvalue weighted by Gasteiger charge is 2.03. The van der Waals surface area contributed by atoms with Crippen LogP contribution in [0.15, 0.2) is 0 Å². The van der Waals surface area contributed by atoms with Crippen molar-refractivity contribution in [3.63, 3.8) is 0 Å². The van der Waals surface area contributed by atoms with Crippen LogP contribution in [0.2, 0.25) is 0 Å². The number of rotatable bonds is 13. The van der Waals surface area contributed by atoms with Crippen molar-refractivity contribution in [1.82, 2.24) is 0 Å². The first-order valence-electron chi connectivity index (χ1n) is 8.20. The lowest BCUT2D eigenvalue weighted by Crippen LogP contribution is -2.05. The van der Waals surface area contributed by atoms with Crippen LogP contribution in [0.3, 0.4) is 0 Å². The largest absolute Gasteiger partial charge is 0.481 e. The highest BCUT2D eigenvalue weighted by molar-refractivity contribution is 5.66. The fraction of sp³-hybridized carbons (Fsp3) is 0.938. The third kappa shape index (κ3) is 24.7. The molecule has 0 fully saturated rings. The molecule has 128 valence electrons. The third-order valence-electron chi connectivity index (χ3n) is 3.17. The quantitative estimate of drug-likeness (QED) is 0.392. The molecule has 0 aromatic rings. The molecular weight excluding hydrogens is 272 g/mol. The zero-order valence-corrected chi connectivity index (χ0v) is 13.5. The van der Waals surface area contributed by atoms with Crippen LogP contribution in [0, 0.1) is 0 Å². The van der Waals surface area contributed by atoms with Crippen molar-refractivity contribution in [2.24, 2.45) is 0 Å². The van der Waals surface area contributed by atoms with Crippen LogP contribution in [0.5, 0.6) is 0 Å². The van der Waals surface area contributed by atoms with Gasteiger partial charge in [0.25, 0.3) is 0 Å². The predicted octanol–water partition coefficient (Wildman–Crippen LogP) is 2.71. The van der Waals surface area contributed by atoms with E-state index in [4.69, 9.17) is 15.3 Å². The maximum Gasteiger partial charge on any atom is 0.303 e. The molecule has 0 aliphatic heterocycles. The van der Waals surface area contributed by atoms with Crippen molar-refractivity contribution in [2.45, 2.75) is 83.7 Å². The molecule has 5 heteroatoms. The molecule has 1 unspecified atom stereocenters. The Kier molecular flexibility index (Phi) is 20.9. The third-order valence-corrected chi connectivity index (χ3v) is 3.17. The Labute approximate surface area is 129 Å². The molecule has 4 N–H and O–H groups in total. The predicted molar refractivity (Wildman–Crippen MR) is 84.3 cm³/mol. The van der Waals surface area contributed by atoms with E-state index in [1.165, 1.54) is 12.8 Å². The summed E-state index contributed by atoms with van der Waals surface area (Å²) in [6.07, 6.45) is 10.6. The fourth-order valence-electron chi connectivity index (χ4n) is 1.96. The second-order valence-corrected chi connectivity index (χ2v) is 5.30. The molecule has 0 rings (SSSR count). The zero-order chi connectivity index (χ0) is 16.3. The van der Waals surface area contributed by atoms with Crippen LogP contribution in [-0.4, -0.2) is 45.7 Å². The molecule has 0 amide bonds. The van der Waals surface area contributed by atoms with Crippen LogP contribution in [0.25, 0.3) is 0 Å².